The molecular weight excluding hydrogens is 300 g/mol. The summed E-state index contributed by atoms with van der Waals surface area (Å²) in [4.78, 5) is 13.9. The van der Waals surface area contributed by atoms with Crippen molar-refractivity contribution >= 4 is 5.82 Å². The van der Waals surface area contributed by atoms with E-state index in [-0.39, 0.29) is 0 Å². The van der Waals surface area contributed by atoms with Gasteiger partial charge in [0.15, 0.2) is 0 Å². The van der Waals surface area contributed by atoms with E-state index in [0.717, 1.165) is 44.0 Å². The van der Waals surface area contributed by atoms with E-state index in [9.17, 15) is 5.11 Å². The molecule has 2 aliphatic carbocycles. The molecule has 0 atom stereocenters. The van der Waals surface area contributed by atoms with Crippen LogP contribution in [0.3, 0.4) is 0 Å². The maximum absolute atomic E-state index is 10.7. The smallest absolute Gasteiger partial charge is 0.132 e. The van der Waals surface area contributed by atoms with Gasteiger partial charge in [0.2, 0.25) is 0 Å². The van der Waals surface area contributed by atoms with Crippen LogP contribution < -0.4 is 4.90 Å². The lowest BCUT2D eigenvalue weighted by atomic mass is 9.97. The Kier molecular flexibility index (Phi) is 4.48. The van der Waals surface area contributed by atoms with Gasteiger partial charge in [-0.15, -0.1) is 0 Å². The fourth-order valence-corrected chi connectivity index (χ4v) is 4.57. The number of aliphatic hydroxyl groups is 1. The first-order valence-corrected chi connectivity index (χ1v) is 9.65. The van der Waals surface area contributed by atoms with Crippen molar-refractivity contribution in [2.75, 3.05) is 24.5 Å². The lowest BCUT2D eigenvalue weighted by Gasteiger charge is -2.41. The minimum absolute atomic E-state index is 0.410. The van der Waals surface area contributed by atoms with E-state index in [1.54, 1.807) is 6.33 Å². The number of aromatic nitrogens is 2. The Bertz CT molecular complexity index is 560. The van der Waals surface area contributed by atoms with Crippen LogP contribution in [0.1, 0.15) is 57.1 Å². The van der Waals surface area contributed by atoms with Crippen LogP contribution in [0.4, 0.5) is 5.82 Å². The topological polar surface area (TPSA) is 52.5 Å². The molecule has 0 amide bonds. The second-order valence-electron chi connectivity index (χ2n) is 8.09. The van der Waals surface area contributed by atoms with Crippen molar-refractivity contribution < 1.29 is 5.11 Å². The van der Waals surface area contributed by atoms with Gasteiger partial charge in [-0.2, -0.15) is 0 Å². The number of β-amino-alcohol motifs (C(OH)–C–C–N with tert-alkyl or cyclic N) is 1. The van der Waals surface area contributed by atoms with Crippen molar-refractivity contribution in [1.29, 1.82) is 0 Å². The molecule has 2 saturated carbocycles. The SMILES string of the molecule is Cc1cc(N(C2CC2)C2CCN(CC3(O)CCCC3)CC2)ncn1. The average molecular weight is 330 g/mol. The summed E-state index contributed by atoms with van der Waals surface area (Å²) in [5.74, 6) is 1.11. The molecule has 132 valence electrons. The fourth-order valence-electron chi connectivity index (χ4n) is 4.57. The zero-order valence-corrected chi connectivity index (χ0v) is 14.8. The number of nitrogens with zero attached hydrogens (tertiary/aromatic N) is 4. The van der Waals surface area contributed by atoms with Crippen molar-refractivity contribution in [2.24, 2.45) is 0 Å². The third-order valence-corrected chi connectivity index (χ3v) is 6.00. The van der Waals surface area contributed by atoms with E-state index in [1.165, 1.54) is 38.5 Å². The first-order valence-electron chi connectivity index (χ1n) is 9.65. The molecule has 2 heterocycles. The highest BCUT2D eigenvalue weighted by atomic mass is 16.3. The molecule has 1 aromatic heterocycles. The van der Waals surface area contributed by atoms with Crippen LogP contribution >= 0.6 is 0 Å². The van der Waals surface area contributed by atoms with Gasteiger partial charge in [0.1, 0.15) is 12.1 Å². The van der Waals surface area contributed by atoms with Crippen LogP contribution in [0, 0.1) is 6.92 Å². The van der Waals surface area contributed by atoms with Crippen molar-refractivity contribution in [3.8, 4) is 0 Å². The maximum Gasteiger partial charge on any atom is 0.132 e. The number of hydrogen-bond acceptors (Lipinski definition) is 5. The van der Waals surface area contributed by atoms with Gasteiger partial charge < -0.3 is 14.9 Å². The predicted octanol–water partition coefficient (Wildman–Crippen LogP) is 2.52. The monoisotopic (exact) mass is 330 g/mol. The molecular formula is C19H30N4O. The lowest BCUT2D eigenvalue weighted by molar-refractivity contribution is 0.00291. The second kappa shape index (κ2) is 6.60. The molecule has 5 nitrogen and oxygen atoms in total. The van der Waals surface area contributed by atoms with E-state index in [0.29, 0.717) is 12.1 Å². The maximum atomic E-state index is 10.7. The van der Waals surface area contributed by atoms with E-state index in [4.69, 9.17) is 0 Å². The quantitative estimate of drug-likeness (QED) is 0.899. The number of aryl methyl sites for hydroxylation is 1. The van der Waals surface area contributed by atoms with Crippen LogP contribution in [-0.2, 0) is 0 Å². The largest absolute Gasteiger partial charge is 0.389 e. The molecule has 0 unspecified atom stereocenters. The van der Waals surface area contributed by atoms with Gasteiger partial charge in [-0.25, -0.2) is 9.97 Å². The number of likely N-dealkylation sites (tertiary alicyclic amines) is 1. The molecule has 0 aromatic carbocycles. The van der Waals surface area contributed by atoms with Gasteiger partial charge in [0.05, 0.1) is 5.60 Å². The van der Waals surface area contributed by atoms with Crippen LogP contribution in [0.2, 0.25) is 0 Å². The Morgan fingerprint density at radius 1 is 1.12 bits per heavy atom. The summed E-state index contributed by atoms with van der Waals surface area (Å²) in [6.45, 7) is 5.11. The van der Waals surface area contributed by atoms with Gasteiger partial charge in [-0.3, -0.25) is 0 Å². The molecule has 3 fully saturated rings. The summed E-state index contributed by atoms with van der Waals surface area (Å²) in [5, 5.41) is 10.7. The number of hydrogen-bond donors (Lipinski definition) is 1. The molecule has 0 radical (unpaired) electrons. The zero-order chi connectivity index (χ0) is 16.6. The molecule has 0 spiro atoms. The number of piperidine rings is 1. The van der Waals surface area contributed by atoms with E-state index in [2.05, 4.69) is 25.8 Å². The lowest BCUT2D eigenvalue weighted by Crippen LogP contribution is -2.50. The van der Waals surface area contributed by atoms with E-state index in [1.807, 2.05) is 6.92 Å². The third-order valence-electron chi connectivity index (χ3n) is 6.00. The van der Waals surface area contributed by atoms with Gasteiger partial charge in [0.25, 0.3) is 0 Å². The van der Waals surface area contributed by atoms with Crippen molar-refractivity contribution in [3.63, 3.8) is 0 Å². The number of rotatable bonds is 5. The Morgan fingerprint density at radius 3 is 2.42 bits per heavy atom. The van der Waals surface area contributed by atoms with Crippen molar-refractivity contribution in [2.45, 2.75) is 76.0 Å². The molecule has 24 heavy (non-hydrogen) atoms. The third kappa shape index (κ3) is 3.57. The Balaban J connectivity index is 1.38. The highest BCUT2D eigenvalue weighted by Crippen LogP contribution is 2.36. The summed E-state index contributed by atoms with van der Waals surface area (Å²) in [6.07, 6.45) is 11.0. The Morgan fingerprint density at radius 2 is 1.79 bits per heavy atom. The van der Waals surface area contributed by atoms with Crippen LogP contribution in [0.25, 0.3) is 0 Å². The Hall–Kier alpha value is -1.20. The molecule has 1 aliphatic heterocycles. The molecule has 0 bridgehead atoms. The van der Waals surface area contributed by atoms with Crippen LogP contribution in [0.15, 0.2) is 12.4 Å². The first-order chi connectivity index (χ1) is 11.6. The summed E-state index contributed by atoms with van der Waals surface area (Å²) in [6, 6.07) is 3.39. The minimum Gasteiger partial charge on any atom is -0.389 e. The summed E-state index contributed by atoms with van der Waals surface area (Å²) >= 11 is 0. The summed E-state index contributed by atoms with van der Waals surface area (Å²) in [7, 11) is 0. The molecule has 3 aliphatic rings. The van der Waals surface area contributed by atoms with Crippen LogP contribution in [-0.4, -0.2) is 57.3 Å². The zero-order valence-electron chi connectivity index (χ0n) is 14.8. The van der Waals surface area contributed by atoms with Crippen molar-refractivity contribution in [3.05, 3.63) is 18.1 Å². The fraction of sp³-hybridized carbons (Fsp3) is 0.789. The van der Waals surface area contributed by atoms with Gasteiger partial charge in [-0.05, 0) is 45.4 Å². The van der Waals surface area contributed by atoms with E-state index >= 15 is 0 Å². The predicted molar refractivity (Wildman–Crippen MR) is 95.1 cm³/mol. The summed E-state index contributed by atoms with van der Waals surface area (Å²) in [5.41, 5.74) is 0.638. The molecule has 1 aromatic rings. The molecule has 5 heteroatoms. The highest BCUT2D eigenvalue weighted by molar-refractivity contribution is 5.43. The first kappa shape index (κ1) is 16.3. The minimum atomic E-state index is -0.410. The molecule has 4 rings (SSSR count). The van der Waals surface area contributed by atoms with Gasteiger partial charge in [0, 0.05) is 43.5 Å². The standard InChI is InChI=1S/C19H30N4O/c1-15-12-18(21-14-20-15)23(16-4-5-16)17-6-10-22(11-7-17)13-19(24)8-2-3-9-19/h12,14,16-17,24H,2-11,13H2,1H3. The second-order valence-corrected chi connectivity index (χ2v) is 8.09. The van der Waals surface area contributed by atoms with Gasteiger partial charge in [-0.1, -0.05) is 12.8 Å². The highest BCUT2D eigenvalue weighted by Gasteiger charge is 2.38. The normalized spacial score (nSPS) is 25.1. The molecule has 1 saturated heterocycles. The van der Waals surface area contributed by atoms with Gasteiger partial charge >= 0.3 is 0 Å². The van der Waals surface area contributed by atoms with Crippen molar-refractivity contribution in [1.82, 2.24) is 14.9 Å². The van der Waals surface area contributed by atoms with Crippen LogP contribution in [0.5, 0.6) is 0 Å². The summed E-state index contributed by atoms with van der Waals surface area (Å²) < 4.78 is 0. The Labute approximate surface area is 145 Å². The molecule has 1 N–H and O–H groups in total. The average Bonchev–Trinajstić information content (AvgIpc) is 3.30. The number of anilines is 1. The van der Waals surface area contributed by atoms with E-state index < -0.39 is 5.60 Å².